The number of nitrogens with one attached hydrogen (secondary N) is 2. The average molecular weight is 438 g/mol. The first-order valence-electron chi connectivity index (χ1n) is 11.1. The summed E-state index contributed by atoms with van der Waals surface area (Å²) in [6.07, 6.45) is 7.20. The highest BCUT2D eigenvalue weighted by Gasteiger charge is 2.55. The highest BCUT2D eigenvalue weighted by Crippen LogP contribution is 2.52. The first-order chi connectivity index (χ1) is 14.2. The van der Waals surface area contributed by atoms with Crippen LogP contribution in [-0.4, -0.2) is 47.2 Å². The molecule has 0 heterocycles. The van der Waals surface area contributed by atoms with Crippen molar-refractivity contribution in [2.24, 2.45) is 11.3 Å². The zero-order valence-corrected chi connectivity index (χ0v) is 20.8. The van der Waals surface area contributed by atoms with Gasteiger partial charge in [-0.05, 0) is 64.2 Å². The normalized spacial score (nSPS) is 20.0. The van der Waals surface area contributed by atoms with Crippen molar-refractivity contribution in [1.29, 1.82) is 5.41 Å². The van der Waals surface area contributed by atoms with Crippen molar-refractivity contribution >= 4 is 18.1 Å². The maximum Gasteiger partial charge on any atom is 0.407 e. The Labute approximate surface area is 188 Å². The minimum Gasteiger partial charge on any atom is -0.444 e. The van der Waals surface area contributed by atoms with Crippen LogP contribution in [0.1, 0.15) is 87.0 Å². The molecule has 1 saturated carbocycles. The van der Waals surface area contributed by atoms with E-state index < -0.39 is 5.60 Å². The van der Waals surface area contributed by atoms with Crippen LogP contribution in [0.2, 0.25) is 0 Å². The zero-order valence-electron chi connectivity index (χ0n) is 20.8. The molecule has 7 nitrogen and oxygen atoms in total. The summed E-state index contributed by atoms with van der Waals surface area (Å²) in [6.45, 7) is 18.2. The van der Waals surface area contributed by atoms with E-state index >= 15 is 0 Å². The van der Waals surface area contributed by atoms with E-state index in [1.807, 2.05) is 45.7 Å². The van der Waals surface area contributed by atoms with Crippen LogP contribution in [0.3, 0.4) is 0 Å². The minimum atomic E-state index is -0.501. The SMILES string of the molecule is C=CCCC(C1CC(NC(=O)OC(C)(C)C)C1)(N(C)C(=O)CCC)C(C)(C)C.N=C=O. The Morgan fingerprint density at radius 3 is 2.13 bits per heavy atom. The van der Waals surface area contributed by atoms with Gasteiger partial charge in [0.15, 0.2) is 0 Å². The molecule has 0 radical (unpaired) electrons. The van der Waals surface area contributed by atoms with Crippen LogP contribution in [0.4, 0.5) is 4.79 Å². The van der Waals surface area contributed by atoms with E-state index in [1.54, 1.807) is 0 Å². The molecule has 0 aromatic heterocycles. The van der Waals surface area contributed by atoms with Gasteiger partial charge in [-0.3, -0.25) is 4.79 Å². The number of rotatable bonds is 8. The summed E-state index contributed by atoms with van der Waals surface area (Å²) in [4.78, 5) is 35.3. The highest BCUT2D eigenvalue weighted by atomic mass is 16.6. The van der Waals surface area contributed by atoms with Gasteiger partial charge in [-0.2, -0.15) is 0 Å². The summed E-state index contributed by atoms with van der Waals surface area (Å²) in [7, 11) is 1.96. The van der Waals surface area contributed by atoms with Crippen molar-refractivity contribution in [3.63, 3.8) is 0 Å². The maximum atomic E-state index is 12.9. The van der Waals surface area contributed by atoms with Gasteiger partial charge in [0.25, 0.3) is 0 Å². The van der Waals surface area contributed by atoms with Gasteiger partial charge in [-0.25, -0.2) is 15.0 Å². The van der Waals surface area contributed by atoms with Crippen molar-refractivity contribution < 1.29 is 19.1 Å². The third-order valence-electron chi connectivity index (χ3n) is 6.00. The monoisotopic (exact) mass is 437 g/mol. The number of alkyl carbamates (subject to hydrolysis) is 1. The van der Waals surface area contributed by atoms with Gasteiger partial charge in [-0.1, -0.05) is 33.8 Å². The highest BCUT2D eigenvalue weighted by molar-refractivity contribution is 5.77. The molecule has 0 aromatic carbocycles. The largest absolute Gasteiger partial charge is 0.444 e. The summed E-state index contributed by atoms with van der Waals surface area (Å²) in [5, 5.41) is 8.39. The van der Waals surface area contributed by atoms with E-state index in [4.69, 9.17) is 14.9 Å². The Hall–Kier alpha value is -2.14. The molecule has 31 heavy (non-hydrogen) atoms. The van der Waals surface area contributed by atoms with Gasteiger partial charge < -0.3 is 15.0 Å². The molecule has 7 heteroatoms. The van der Waals surface area contributed by atoms with E-state index in [0.29, 0.717) is 12.3 Å². The third kappa shape index (κ3) is 8.13. The first kappa shape index (κ1) is 28.9. The fraction of sp³-hybridized carbons (Fsp3) is 0.792. The Balaban J connectivity index is 0.00000282. The molecule has 0 saturated heterocycles. The standard InChI is InChI=1S/C23H42N2O3.CHNO/c1-10-12-14-23(21(3,4)5,25(9)19(26)13-11-2)17-15-18(16-17)24-20(27)28-22(6,7)8;2-1-3/h10,17-18H,1,11-16H2,2-9H3,(H,24,27);2H. The Bertz CT molecular complexity index is 636. The second-order valence-electron chi connectivity index (χ2n) is 10.3. The summed E-state index contributed by atoms with van der Waals surface area (Å²) < 4.78 is 5.39. The number of nitrogens with zero attached hydrogens (tertiary/aromatic N) is 1. The van der Waals surface area contributed by atoms with Crippen molar-refractivity contribution in [3.05, 3.63) is 12.7 Å². The molecule has 1 atom stereocenters. The van der Waals surface area contributed by atoms with Gasteiger partial charge in [-0.15, -0.1) is 6.58 Å². The summed E-state index contributed by atoms with van der Waals surface area (Å²) in [5.74, 6) is 0.531. The first-order valence-corrected chi connectivity index (χ1v) is 11.1. The molecule has 0 bridgehead atoms. The lowest BCUT2D eigenvalue weighted by Gasteiger charge is -2.60. The lowest BCUT2D eigenvalue weighted by atomic mass is 9.55. The molecule has 0 aromatic rings. The van der Waals surface area contributed by atoms with Crippen LogP contribution >= 0.6 is 0 Å². The van der Waals surface area contributed by atoms with E-state index in [1.165, 1.54) is 0 Å². The van der Waals surface area contributed by atoms with Crippen LogP contribution in [0.25, 0.3) is 0 Å². The fourth-order valence-electron chi connectivity index (χ4n) is 4.66. The molecular formula is C24H43N3O4. The summed E-state index contributed by atoms with van der Waals surface area (Å²) >= 11 is 0. The van der Waals surface area contributed by atoms with Gasteiger partial charge in [0.05, 0.1) is 5.54 Å². The summed E-state index contributed by atoms with van der Waals surface area (Å²) in [6, 6.07) is 0.0972. The van der Waals surface area contributed by atoms with E-state index in [0.717, 1.165) is 38.2 Å². The fourth-order valence-corrected chi connectivity index (χ4v) is 4.66. The molecule has 1 aliphatic rings. The van der Waals surface area contributed by atoms with Gasteiger partial charge in [0, 0.05) is 19.5 Å². The van der Waals surface area contributed by atoms with Crippen molar-refractivity contribution in [1.82, 2.24) is 10.2 Å². The topological polar surface area (TPSA) is 99.6 Å². The number of hydrogen-bond acceptors (Lipinski definition) is 5. The minimum absolute atomic E-state index is 0.0876. The van der Waals surface area contributed by atoms with E-state index in [2.05, 4.69) is 32.7 Å². The molecule has 1 unspecified atom stereocenters. The number of ether oxygens (including phenoxy) is 1. The maximum absolute atomic E-state index is 12.9. The Morgan fingerprint density at radius 2 is 1.74 bits per heavy atom. The van der Waals surface area contributed by atoms with Crippen molar-refractivity contribution in [2.45, 2.75) is 104 Å². The molecule has 1 rings (SSSR count). The lowest BCUT2D eigenvalue weighted by Crippen LogP contribution is -2.66. The van der Waals surface area contributed by atoms with Crippen LogP contribution in [0.15, 0.2) is 12.7 Å². The number of carbonyl (C=O) groups is 2. The van der Waals surface area contributed by atoms with E-state index in [9.17, 15) is 9.59 Å². The predicted octanol–water partition coefficient (Wildman–Crippen LogP) is 5.20. The molecule has 0 aliphatic heterocycles. The average Bonchev–Trinajstić information content (AvgIpc) is 2.57. The number of isocyanates is 1. The smallest absolute Gasteiger partial charge is 0.407 e. The molecular weight excluding hydrogens is 394 g/mol. The van der Waals surface area contributed by atoms with Gasteiger partial charge in [0.1, 0.15) is 5.60 Å². The Morgan fingerprint density at radius 1 is 1.23 bits per heavy atom. The van der Waals surface area contributed by atoms with Crippen LogP contribution in [0, 0.1) is 16.7 Å². The predicted molar refractivity (Wildman–Crippen MR) is 124 cm³/mol. The van der Waals surface area contributed by atoms with Crippen LogP contribution in [-0.2, 0) is 14.3 Å². The molecule has 1 fully saturated rings. The number of amides is 2. The molecule has 2 amide bonds. The summed E-state index contributed by atoms with van der Waals surface area (Å²) in [5.41, 5.74) is -0.853. The van der Waals surface area contributed by atoms with Gasteiger partial charge >= 0.3 is 6.09 Å². The number of hydrogen-bond donors (Lipinski definition) is 2. The second-order valence-corrected chi connectivity index (χ2v) is 10.3. The molecule has 1 aliphatic carbocycles. The van der Waals surface area contributed by atoms with Crippen molar-refractivity contribution in [2.75, 3.05) is 7.05 Å². The molecule has 2 N–H and O–H groups in total. The Kier molecular flexibility index (Phi) is 11.2. The van der Waals surface area contributed by atoms with Crippen LogP contribution < -0.4 is 5.32 Å². The third-order valence-corrected chi connectivity index (χ3v) is 6.00. The number of carbonyl (C=O) groups excluding carboxylic acids is 3. The van der Waals surface area contributed by atoms with Crippen molar-refractivity contribution in [3.8, 4) is 0 Å². The number of allylic oxidation sites excluding steroid dienone is 1. The molecule has 178 valence electrons. The van der Waals surface area contributed by atoms with E-state index in [-0.39, 0.29) is 29.0 Å². The van der Waals surface area contributed by atoms with Crippen LogP contribution in [0.5, 0.6) is 0 Å². The zero-order chi connectivity index (χ0) is 24.5. The second kappa shape index (κ2) is 12.0. The van der Waals surface area contributed by atoms with Gasteiger partial charge in [0.2, 0.25) is 12.0 Å². The molecule has 0 spiro atoms. The lowest BCUT2D eigenvalue weighted by molar-refractivity contribution is -0.151. The quantitative estimate of drug-likeness (QED) is 0.310.